The van der Waals surface area contributed by atoms with Crippen molar-refractivity contribution in [1.82, 2.24) is 9.56 Å². The standard InChI is InChI=1S/C11H8N2O2/c1-7-10-6-8-4-2-3-5-9(8)13(10)11(14)15-12-7/h2-6H,1H3. The van der Waals surface area contributed by atoms with Gasteiger partial charge in [-0.3, -0.25) is 4.52 Å². The van der Waals surface area contributed by atoms with Crippen molar-refractivity contribution in [3.05, 3.63) is 46.6 Å². The maximum Gasteiger partial charge on any atom is 0.445 e. The molecule has 0 bridgehead atoms. The molecule has 0 aliphatic rings. The van der Waals surface area contributed by atoms with Crippen LogP contribution in [0.5, 0.6) is 0 Å². The molecule has 74 valence electrons. The minimum Gasteiger partial charge on any atom is -0.297 e. The molecule has 1 aromatic carbocycles. The van der Waals surface area contributed by atoms with Gasteiger partial charge in [0.1, 0.15) is 5.69 Å². The summed E-state index contributed by atoms with van der Waals surface area (Å²) in [7, 11) is 0. The summed E-state index contributed by atoms with van der Waals surface area (Å²) >= 11 is 0. The van der Waals surface area contributed by atoms with Crippen LogP contribution in [0.25, 0.3) is 16.4 Å². The summed E-state index contributed by atoms with van der Waals surface area (Å²) in [6.07, 6.45) is 0. The molecule has 0 N–H and O–H groups in total. The van der Waals surface area contributed by atoms with E-state index in [9.17, 15) is 4.79 Å². The van der Waals surface area contributed by atoms with E-state index in [0.29, 0.717) is 5.69 Å². The number of para-hydroxylation sites is 1. The van der Waals surface area contributed by atoms with E-state index in [1.807, 2.05) is 37.3 Å². The van der Waals surface area contributed by atoms with Crippen LogP contribution in [0, 0.1) is 6.92 Å². The van der Waals surface area contributed by atoms with Crippen molar-refractivity contribution < 1.29 is 4.52 Å². The molecule has 2 aromatic heterocycles. The smallest absolute Gasteiger partial charge is 0.297 e. The second kappa shape index (κ2) is 2.70. The zero-order valence-electron chi connectivity index (χ0n) is 8.10. The Morgan fingerprint density at radius 1 is 1.27 bits per heavy atom. The summed E-state index contributed by atoms with van der Waals surface area (Å²) in [5.41, 5.74) is 2.37. The molecule has 0 aliphatic heterocycles. The van der Waals surface area contributed by atoms with Crippen LogP contribution in [0.4, 0.5) is 0 Å². The number of hydrogen-bond acceptors (Lipinski definition) is 3. The topological polar surface area (TPSA) is 47.5 Å². The van der Waals surface area contributed by atoms with E-state index in [1.54, 1.807) is 0 Å². The highest BCUT2D eigenvalue weighted by molar-refractivity contribution is 5.87. The molecule has 0 spiro atoms. The predicted molar refractivity (Wildman–Crippen MR) is 56.0 cm³/mol. The van der Waals surface area contributed by atoms with Gasteiger partial charge in [-0.2, -0.15) is 0 Å². The Bertz CT molecular complexity index is 709. The monoisotopic (exact) mass is 200 g/mol. The first-order valence-electron chi connectivity index (χ1n) is 4.64. The second-order valence-electron chi connectivity index (χ2n) is 3.46. The molecule has 0 saturated carbocycles. The molecular weight excluding hydrogens is 192 g/mol. The Hall–Kier alpha value is -2.10. The molecule has 0 saturated heterocycles. The van der Waals surface area contributed by atoms with Crippen molar-refractivity contribution in [2.75, 3.05) is 0 Å². The van der Waals surface area contributed by atoms with E-state index in [0.717, 1.165) is 16.4 Å². The summed E-state index contributed by atoms with van der Waals surface area (Å²) in [6, 6.07) is 9.62. The second-order valence-corrected chi connectivity index (χ2v) is 3.46. The molecule has 0 atom stereocenters. The van der Waals surface area contributed by atoms with Gasteiger partial charge in [0.2, 0.25) is 0 Å². The quantitative estimate of drug-likeness (QED) is 0.555. The van der Waals surface area contributed by atoms with E-state index in [2.05, 4.69) is 5.16 Å². The van der Waals surface area contributed by atoms with Gasteiger partial charge >= 0.3 is 5.76 Å². The van der Waals surface area contributed by atoms with E-state index < -0.39 is 5.76 Å². The maximum absolute atomic E-state index is 11.5. The Balaban J connectivity index is 2.72. The van der Waals surface area contributed by atoms with Crippen molar-refractivity contribution in [2.45, 2.75) is 6.92 Å². The van der Waals surface area contributed by atoms with Crippen LogP contribution in [0.1, 0.15) is 5.69 Å². The molecule has 4 nitrogen and oxygen atoms in total. The fraction of sp³-hybridized carbons (Fsp3) is 0.0909. The van der Waals surface area contributed by atoms with Gasteiger partial charge in [-0.25, -0.2) is 9.20 Å². The Morgan fingerprint density at radius 3 is 2.93 bits per heavy atom. The minimum absolute atomic E-state index is 0.447. The number of aryl methyl sites for hydroxylation is 1. The zero-order chi connectivity index (χ0) is 10.4. The summed E-state index contributed by atoms with van der Waals surface area (Å²) in [5, 5.41) is 4.71. The van der Waals surface area contributed by atoms with Crippen LogP contribution in [0.15, 0.2) is 39.6 Å². The number of aromatic nitrogens is 2. The molecule has 2 heterocycles. The van der Waals surface area contributed by atoms with Gasteiger partial charge in [0, 0.05) is 5.39 Å². The first kappa shape index (κ1) is 8.23. The van der Waals surface area contributed by atoms with Gasteiger partial charge < -0.3 is 0 Å². The summed E-state index contributed by atoms with van der Waals surface area (Å²) in [5.74, 6) is -0.447. The third-order valence-corrected chi connectivity index (χ3v) is 2.52. The van der Waals surface area contributed by atoms with Crippen molar-refractivity contribution in [2.24, 2.45) is 0 Å². The normalized spacial score (nSPS) is 11.3. The SMILES string of the molecule is Cc1noc(=O)n2c1cc1ccccc12. The van der Waals surface area contributed by atoms with Crippen molar-refractivity contribution in [1.29, 1.82) is 0 Å². The average Bonchev–Trinajstić information content (AvgIpc) is 2.64. The van der Waals surface area contributed by atoms with E-state index in [4.69, 9.17) is 4.52 Å². The molecular formula is C11H8N2O2. The lowest BCUT2D eigenvalue weighted by Gasteiger charge is -1.95. The highest BCUT2D eigenvalue weighted by Crippen LogP contribution is 2.19. The van der Waals surface area contributed by atoms with Gasteiger partial charge in [0.15, 0.2) is 0 Å². The predicted octanol–water partition coefficient (Wildman–Crippen LogP) is 1.75. The molecule has 3 rings (SSSR count). The zero-order valence-corrected chi connectivity index (χ0v) is 8.10. The van der Waals surface area contributed by atoms with Crippen molar-refractivity contribution >= 4 is 16.4 Å². The lowest BCUT2D eigenvalue weighted by molar-refractivity contribution is 0.342. The first-order valence-corrected chi connectivity index (χ1v) is 4.64. The van der Waals surface area contributed by atoms with Crippen LogP contribution < -0.4 is 5.76 Å². The minimum atomic E-state index is -0.447. The van der Waals surface area contributed by atoms with E-state index in [1.165, 1.54) is 4.40 Å². The largest absolute Gasteiger partial charge is 0.445 e. The third-order valence-electron chi connectivity index (χ3n) is 2.52. The number of hydrogen-bond donors (Lipinski definition) is 0. The van der Waals surface area contributed by atoms with Gasteiger partial charge in [0.25, 0.3) is 0 Å². The summed E-state index contributed by atoms with van der Waals surface area (Å²) < 4.78 is 6.23. The maximum atomic E-state index is 11.5. The molecule has 0 amide bonds. The molecule has 0 radical (unpaired) electrons. The lowest BCUT2D eigenvalue weighted by atomic mass is 10.2. The Kier molecular flexibility index (Phi) is 1.48. The van der Waals surface area contributed by atoms with E-state index in [-0.39, 0.29) is 0 Å². The highest BCUT2D eigenvalue weighted by Gasteiger charge is 2.08. The number of benzene rings is 1. The first-order chi connectivity index (χ1) is 7.27. The van der Waals surface area contributed by atoms with Gasteiger partial charge in [-0.05, 0) is 19.1 Å². The van der Waals surface area contributed by atoms with E-state index >= 15 is 0 Å². The molecule has 0 fully saturated rings. The molecule has 15 heavy (non-hydrogen) atoms. The molecule has 4 heteroatoms. The summed E-state index contributed by atoms with van der Waals surface area (Å²) in [6.45, 7) is 1.82. The average molecular weight is 200 g/mol. The summed E-state index contributed by atoms with van der Waals surface area (Å²) in [4.78, 5) is 11.5. The molecule has 0 unspecified atom stereocenters. The van der Waals surface area contributed by atoms with Crippen LogP contribution in [0.3, 0.4) is 0 Å². The van der Waals surface area contributed by atoms with Gasteiger partial charge in [0.05, 0.1) is 11.0 Å². The Morgan fingerprint density at radius 2 is 2.07 bits per heavy atom. The van der Waals surface area contributed by atoms with Gasteiger partial charge in [-0.15, -0.1) is 0 Å². The Labute approximate surface area is 84.7 Å². The van der Waals surface area contributed by atoms with Crippen molar-refractivity contribution in [3.8, 4) is 0 Å². The van der Waals surface area contributed by atoms with Gasteiger partial charge in [-0.1, -0.05) is 23.4 Å². The highest BCUT2D eigenvalue weighted by atomic mass is 16.5. The lowest BCUT2D eigenvalue weighted by Crippen LogP contribution is -2.12. The fourth-order valence-corrected chi connectivity index (χ4v) is 1.81. The van der Waals surface area contributed by atoms with Crippen LogP contribution in [-0.2, 0) is 0 Å². The number of nitrogens with zero attached hydrogens (tertiary/aromatic N) is 2. The molecule has 3 aromatic rings. The van der Waals surface area contributed by atoms with Crippen LogP contribution in [0.2, 0.25) is 0 Å². The number of fused-ring (bicyclic) bond motifs is 3. The van der Waals surface area contributed by atoms with Crippen molar-refractivity contribution in [3.63, 3.8) is 0 Å². The third kappa shape index (κ3) is 1.01. The fourth-order valence-electron chi connectivity index (χ4n) is 1.81. The number of rotatable bonds is 0. The van der Waals surface area contributed by atoms with Crippen LogP contribution >= 0.6 is 0 Å². The van der Waals surface area contributed by atoms with Crippen LogP contribution in [-0.4, -0.2) is 9.56 Å². The molecule has 0 aliphatic carbocycles.